The second kappa shape index (κ2) is 3.63. The normalized spacial score (nSPS) is 14.4. The summed E-state index contributed by atoms with van der Waals surface area (Å²) in [4.78, 5) is 4.52. The Morgan fingerprint density at radius 1 is 1.19 bits per heavy atom. The summed E-state index contributed by atoms with van der Waals surface area (Å²) < 4.78 is 5.33. The minimum Gasteiger partial charge on any atom is -0.501 e. The van der Waals surface area contributed by atoms with Gasteiger partial charge in [-0.05, 0) is 17.9 Å². The van der Waals surface area contributed by atoms with E-state index in [9.17, 15) is 0 Å². The first-order valence-electron chi connectivity index (χ1n) is 5.49. The molecule has 0 radical (unpaired) electrons. The van der Waals surface area contributed by atoms with Gasteiger partial charge in [0, 0.05) is 29.3 Å². The van der Waals surface area contributed by atoms with Crippen LogP contribution < -0.4 is 0 Å². The second-order valence-corrected chi connectivity index (χ2v) is 4.02. The van der Waals surface area contributed by atoms with E-state index >= 15 is 0 Å². The maximum atomic E-state index is 5.33. The van der Waals surface area contributed by atoms with Gasteiger partial charge in [-0.15, -0.1) is 0 Å². The topological polar surface area (TPSA) is 22.1 Å². The van der Waals surface area contributed by atoms with Gasteiger partial charge in [0.05, 0.1) is 12.9 Å². The van der Waals surface area contributed by atoms with Crippen molar-refractivity contribution in [3.63, 3.8) is 0 Å². The summed E-state index contributed by atoms with van der Waals surface area (Å²) in [5.74, 6) is 1.05. The number of fused-ring (bicyclic) bond motifs is 3. The van der Waals surface area contributed by atoms with Gasteiger partial charge in [0.25, 0.3) is 0 Å². The minimum absolute atomic E-state index is 0.953. The van der Waals surface area contributed by atoms with Gasteiger partial charge < -0.3 is 4.74 Å². The van der Waals surface area contributed by atoms with Crippen molar-refractivity contribution in [2.24, 2.45) is 0 Å². The Hall–Kier alpha value is -1.83. The van der Waals surface area contributed by atoms with Gasteiger partial charge in [-0.25, -0.2) is 0 Å². The van der Waals surface area contributed by atoms with Gasteiger partial charge >= 0.3 is 0 Å². The molecule has 80 valence electrons. The zero-order valence-electron chi connectivity index (χ0n) is 9.23. The third-order valence-electron chi connectivity index (χ3n) is 3.10. The van der Waals surface area contributed by atoms with Crippen LogP contribution in [-0.4, -0.2) is 12.1 Å². The summed E-state index contributed by atoms with van der Waals surface area (Å²) in [5, 5.41) is 2.46. The van der Waals surface area contributed by atoms with Crippen LogP contribution in [0.4, 0.5) is 0 Å². The fraction of sp³-hybridized carbons (Fsp3) is 0.214. The van der Waals surface area contributed by atoms with Crippen molar-refractivity contribution in [2.75, 3.05) is 7.11 Å². The number of ether oxygens (including phenoxy) is 1. The third kappa shape index (κ3) is 1.38. The first-order valence-corrected chi connectivity index (χ1v) is 5.49. The predicted octanol–water partition coefficient (Wildman–Crippen LogP) is 3.17. The molecule has 3 rings (SSSR count). The van der Waals surface area contributed by atoms with Gasteiger partial charge in [0.15, 0.2) is 0 Å². The van der Waals surface area contributed by atoms with Crippen molar-refractivity contribution in [2.45, 2.75) is 12.8 Å². The zero-order chi connectivity index (χ0) is 11.0. The molecule has 0 amide bonds. The molecule has 0 fully saturated rings. The van der Waals surface area contributed by atoms with E-state index in [-0.39, 0.29) is 0 Å². The summed E-state index contributed by atoms with van der Waals surface area (Å²) in [5.41, 5.74) is 2.40. The lowest BCUT2D eigenvalue weighted by Gasteiger charge is -2.16. The fourth-order valence-electron chi connectivity index (χ4n) is 2.22. The first kappa shape index (κ1) is 9.40. The van der Waals surface area contributed by atoms with Crippen molar-refractivity contribution >= 4 is 16.8 Å². The summed E-state index contributed by atoms with van der Waals surface area (Å²) in [6.07, 6.45) is 6.00. The van der Waals surface area contributed by atoms with Crippen LogP contribution in [0, 0.1) is 0 Å². The maximum Gasteiger partial charge on any atom is 0.0966 e. The van der Waals surface area contributed by atoms with Gasteiger partial charge in [0.1, 0.15) is 0 Å². The van der Waals surface area contributed by atoms with Crippen LogP contribution in [-0.2, 0) is 11.2 Å². The molecule has 0 N–H and O–H groups in total. The maximum absolute atomic E-state index is 5.33. The summed E-state index contributed by atoms with van der Waals surface area (Å²) in [6.45, 7) is 0. The summed E-state index contributed by atoms with van der Waals surface area (Å²) >= 11 is 0. The lowest BCUT2D eigenvalue weighted by molar-refractivity contribution is 0.279. The molecule has 0 spiro atoms. The number of rotatable bonds is 1. The van der Waals surface area contributed by atoms with Crippen LogP contribution >= 0.6 is 0 Å². The molecule has 2 nitrogen and oxygen atoms in total. The molecule has 0 saturated carbocycles. The predicted molar refractivity (Wildman–Crippen MR) is 65.1 cm³/mol. The highest BCUT2D eigenvalue weighted by molar-refractivity contribution is 5.91. The Labute approximate surface area is 94.6 Å². The molecule has 1 aromatic heterocycles. The largest absolute Gasteiger partial charge is 0.501 e. The molecule has 1 aliphatic carbocycles. The first-order chi connectivity index (χ1) is 7.88. The van der Waals surface area contributed by atoms with E-state index in [4.69, 9.17) is 4.74 Å². The van der Waals surface area contributed by atoms with Crippen LogP contribution in [0.25, 0.3) is 16.8 Å². The lowest BCUT2D eigenvalue weighted by Crippen LogP contribution is -2.03. The van der Waals surface area contributed by atoms with E-state index in [0.29, 0.717) is 0 Å². The van der Waals surface area contributed by atoms with Crippen molar-refractivity contribution in [1.82, 2.24) is 4.98 Å². The van der Waals surface area contributed by atoms with E-state index in [0.717, 1.165) is 18.6 Å². The molecule has 0 unspecified atom stereocenters. The van der Waals surface area contributed by atoms with Gasteiger partial charge in [-0.1, -0.05) is 24.3 Å². The molecule has 0 aliphatic heterocycles. The standard InChI is InChI=1S/C14H13NO/c1-16-11-6-7-14-13(8-11)12-5-3-2-4-10(12)9-15-14/h2-5,8-9H,6-7H2,1H3. The number of aryl methyl sites for hydroxylation is 1. The summed E-state index contributed by atoms with van der Waals surface area (Å²) in [7, 11) is 1.73. The molecule has 0 saturated heterocycles. The van der Waals surface area contributed by atoms with Gasteiger partial charge in [0.2, 0.25) is 0 Å². The number of pyridine rings is 1. The number of methoxy groups -OCH3 is 1. The quantitative estimate of drug-likeness (QED) is 0.722. The Bertz CT molecular complexity index is 572. The number of nitrogens with zero attached hydrogens (tertiary/aromatic N) is 1. The lowest BCUT2D eigenvalue weighted by atomic mass is 9.96. The average molecular weight is 211 g/mol. The molecule has 0 atom stereocenters. The Morgan fingerprint density at radius 2 is 2.06 bits per heavy atom. The van der Waals surface area contributed by atoms with E-state index in [1.165, 1.54) is 22.0 Å². The van der Waals surface area contributed by atoms with Crippen LogP contribution in [0.15, 0.2) is 36.2 Å². The number of allylic oxidation sites excluding steroid dienone is 1. The third-order valence-corrected chi connectivity index (χ3v) is 3.10. The average Bonchev–Trinajstić information content (AvgIpc) is 2.38. The highest BCUT2D eigenvalue weighted by atomic mass is 16.5. The molecule has 2 aromatic rings. The summed E-state index contributed by atoms with van der Waals surface area (Å²) in [6, 6.07) is 8.35. The SMILES string of the molecule is COC1=Cc2c(ncc3ccccc23)CC1. The molecule has 1 aromatic carbocycles. The molecule has 2 heteroatoms. The Morgan fingerprint density at radius 3 is 2.94 bits per heavy atom. The molecular formula is C14H13NO. The number of hydrogen-bond donors (Lipinski definition) is 0. The van der Waals surface area contributed by atoms with Gasteiger partial charge in [-0.2, -0.15) is 0 Å². The van der Waals surface area contributed by atoms with Crippen LogP contribution in [0.2, 0.25) is 0 Å². The minimum atomic E-state index is 0.953. The van der Waals surface area contributed by atoms with Crippen LogP contribution in [0.1, 0.15) is 17.7 Å². The van der Waals surface area contributed by atoms with E-state index in [1.54, 1.807) is 7.11 Å². The van der Waals surface area contributed by atoms with E-state index < -0.39 is 0 Å². The van der Waals surface area contributed by atoms with E-state index in [2.05, 4.69) is 29.3 Å². The van der Waals surface area contributed by atoms with Crippen LogP contribution in [0.5, 0.6) is 0 Å². The van der Waals surface area contributed by atoms with Crippen molar-refractivity contribution in [3.05, 3.63) is 47.5 Å². The molecule has 1 heterocycles. The fourth-order valence-corrected chi connectivity index (χ4v) is 2.22. The molecular weight excluding hydrogens is 198 g/mol. The van der Waals surface area contributed by atoms with E-state index in [1.807, 2.05) is 12.3 Å². The van der Waals surface area contributed by atoms with Crippen molar-refractivity contribution in [3.8, 4) is 0 Å². The second-order valence-electron chi connectivity index (χ2n) is 4.02. The highest BCUT2D eigenvalue weighted by Crippen LogP contribution is 2.28. The molecule has 0 bridgehead atoms. The number of hydrogen-bond acceptors (Lipinski definition) is 2. The van der Waals surface area contributed by atoms with Crippen molar-refractivity contribution in [1.29, 1.82) is 0 Å². The Kier molecular flexibility index (Phi) is 2.13. The highest BCUT2D eigenvalue weighted by Gasteiger charge is 2.14. The number of benzene rings is 1. The zero-order valence-corrected chi connectivity index (χ0v) is 9.23. The van der Waals surface area contributed by atoms with Crippen molar-refractivity contribution < 1.29 is 4.74 Å². The molecule has 1 aliphatic rings. The number of aromatic nitrogens is 1. The van der Waals surface area contributed by atoms with Gasteiger partial charge in [-0.3, -0.25) is 4.98 Å². The smallest absolute Gasteiger partial charge is 0.0966 e. The van der Waals surface area contributed by atoms with Crippen LogP contribution in [0.3, 0.4) is 0 Å². The monoisotopic (exact) mass is 211 g/mol. The molecule has 16 heavy (non-hydrogen) atoms. The Balaban J connectivity index is 2.30.